The molecular formula is C17H24N2O3. The standard InChI is InChI=1S/C17H24N2O3/c20-12-13-7-9-19(10-8-13)15-5-2-1-4-14(15)18-17(21)16-6-3-11-22-16/h1-2,4-5,13,16,20H,3,6-12H2,(H,18,21). The molecule has 2 saturated heterocycles. The number of piperidine rings is 1. The van der Waals surface area contributed by atoms with E-state index in [1.807, 2.05) is 24.3 Å². The third-order valence-electron chi connectivity index (χ3n) is 4.60. The summed E-state index contributed by atoms with van der Waals surface area (Å²) < 4.78 is 5.45. The number of benzene rings is 1. The van der Waals surface area contributed by atoms with Crippen molar-refractivity contribution in [3.8, 4) is 0 Å². The molecule has 1 amide bonds. The zero-order valence-electron chi connectivity index (χ0n) is 12.8. The summed E-state index contributed by atoms with van der Waals surface area (Å²) in [4.78, 5) is 14.5. The molecular weight excluding hydrogens is 280 g/mol. The molecule has 1 aromatic rings. The lowest BCUT2D eigenvalue weighted by Crippen LogP contribution is -2.35. The predicted molar refractivity (Wildman–Crippen MR) is 86.1 cm³/mol. The van der Waals surface area contributed by atoms with E-state index < -0.39 is 0 Å². The van der Waals surface area contributed by atoms with Crippen LogP contribution in [0.15, 0.2) is 24.3 Å². The number of amides is 1. The van der Waals surface area contributed by atoms with Crippen molar-refractivity contribution < 1.29 is 14.6 Å². The summed E-state index contributed by atoms with van der Waals surface area (Å²) in [5.41, 5.74) is 1.91. The SMILES string of the molecule is O=C(Nc1ccccc1N1CCC(CO)CC1)C1CCCO1. The van der Waals surface area contributed by atoms with E-state index in [4.69, 9.17) is 4.74 Å². The molecule has 0 saturated carbocycles. The zero-order valence-corrected chi connectivity index (χ0v) is 12.8. The Bertz CT molecular complexity index is 506. The molecule has 0 aliphatic carbocycles. The molecule has 0 bridgehead atoms. The Hall–Kier alpha value is -1.59. The predicted octanol–water partition coefficient (Wildman–Crippen LogP) is 2.01. The minimum Gasteiger partial charge on any atom is -0.396 e. The number of carbonyl (C=O) groups excluding carboxylic acids is 1. The van der Waals surface area contributed by atoms with Gasteiger partial charge in [0, 0.05) is 26.3 Å². The quantitative estimate of drug-likeness (QED) is 0.893. The van der Waals surface area contributed by atoms with Crippen molar-refractivity contribution >= 4 is 17.3 Å². The van der Waals surface area contributed by atoms with Crippen molar-refractivity contribution in [3.63, 3.8) is 0 Å². The van der Waals surface area contributed by atoms with Crippen LogP contribution in [0.2, 0.25) is 0 Å². The van der Waals surface area contributed by atoms with Gasteiger partial charge < -0.3 is 20.1 Å². The van der Waals surface area contributed by atoms with E-state index in [9.17, 15) is 9.90 Å². The summed E-state index contributed by atoms with van der Waals surface area (Å²) in [6.07, 6.45) is 3.42. The molecule has 2 heterocycles. The molecule has 0 aromatic heterocycles. The van der Waals surface area contributed by atoms with Crippen LogP contribution in [0.3, 0.4) is 0 Å². The summed E-state index contributed by atoms with van der Waals surface area (Å²) in [7, 11) is 0. The lowest BCUT2D eigenvalue weighted by molar-refractivity contribution is -0.124. The molecule has 1 atom stereocenters. The number of rotatable bonds is 4. The molecule has 1 unspecified atom stereocenters. The van der Waals surface area contributed by atoms with E-state index in [1.165, 1.54) is 0 Å². The van der Waals surface area contributed by atoms with Gasteiger partial charge in [0.15, 0.2) is 0 Å². The zero-order chi connectivity index (χ0) is 15.4. The Morgan fingerprint density at radius 2 is 2.05 bits per heavy atom. The Morgan fingerprint density at radius 3 is 2.73 bits per heavy atom. The van der Waals surface area contributed by atoms with Crippen LogP contribution in [0.25, 0.3) is 0 Å². The van der Waals surface area contributed by atoms with Gasteiger partial charge in [0.1, 0.15) is 6.10 Å². The number of nitrogens with one attached hydrogen (secondary N) is 1. The largest absolute Gasteiger partial charge is 0.396 e. The van der Waals surface area contributed by atoms with E-state index in [1.54, 1.807) is 0 Å². The fourth-order valence-corrected chi connectivity index (χ4v) is 3.21. The van der Waals surface area contributed by atoms with Crippen molar-refractivity contribution in [2.45, 2.75) is 31.8 Å². The van der Waals surface area contributed by atoms with Gasteiger partial charge in [-0.05, 0) is 43.7 Å². The number of hydrogen-bond acceptors (Lipinski definition) is 4. The molecule has 0 spiro atoms. The number of carbonyl (C=O) groups is 1. The van der Waals surface area contributed by atoms with E-state index in [2.05, 4.69) is 10.2 Å². The average molecular weight is 304 g/mol. The maximum Gasteiger partial charge on any atom is 0.253 e. The molecule has 5 heteroatoms. The van der Waals surface area contributed by atoms with Gasteiger partial charge in [0.25, 0.3) is 5.91 Å². The van der Waals surface area contributed by atoms with Gasteiger partial charge in [-0.2, -0.15) is 0 Å². The minimum atomic E-state index is -0.312. The van der Waals surface area contributed by atoms with Crippen molar-refractivity contribution in [2.24, 2.45) is 5.92 Å². The first kappa shape index (κ1) is 15.3. The highest BCUT2D eigenvalue weighted by atomic mass is 16.5. The number of aliphatic hydroxyl groups excluding tert-OH is 1. The van der Waals surface area contributed by atoms with E-state index in [0.29, 0.717) is 12.5 Å². The summed E-state index contributed by atoms with van der Waals surface area (Å²) in [5, 5.41) is 12.3. The molecule has 2 aliphatic rings. The second kappa shape index (κ2) is 7.11. The fraction of sp³-hybridized carbons (Fsp3) is 0.588. The van der Waals surface area contributed by atoms with Crippen LogP contribution in [-0.2, 0) is 9.53 Å². The first-order valence-electron chi connectivity index (χ1n) is 8.15. The van der Waals surface area contributed by atoms with E-state index in [-0.39, 0.29) is 18.6 Å². The first-order valence-corrected chi connectivity index (χ1v) is 8.15. The Labute approximate surface area is 131 Å². The molecule has 3 rings (SSSR count). The third kappa shape index (κ3) is 3.42. The van der Waals surface area contributed by atoms with E-state index in [0.717, 1.165) is 50.1 Å². The topological polar surface area (TPSA) is 61.8 Å². The van der Waals surface area contributed by atoms with Crippen LogP contribution in [0.4, 0.5) is 11.4 Å². The van der Waals surface area contributed by atoms with Gasteiger partial charge in [0.05, 0.1) is 11.4 Å². The normalized spacial score (nSPS) is 22.8. The number of anilines is 2. The lowest BCUT2D eigenvalue weighted by atomic mass is 9.97. The summed E-state index contributed by atoms with van der Waals surface area (Å²) >= 11 is 0. The molecule has 22 heavy (non-hydrogen) atoms. The molecule has 2 aliphatic heterocycles. The molecule has 2 fully saturated rings. The van der Waals surface area contributed by atoms with Crippen LogP contribution < -0.4 is 10.2 Å². The van der Waals surface area contributed by atoms with Crippen LogP contribution in [-0.4, -0.2) is 43.4 Å². The van der Waals surface area contributed by atoms with Gasteiger partial charge in [-0.1, -0.05) is 12.1 Å². The minimum absolute atomic E-state index is 0.0461. The second-order valence-electron chi connectivity index (χ2n) is 6.12. The van der Waals surface area contributed by atoms with Crippen molar-refractivity contribution in [1.29, 1.82) is 0 Å². The molecule has 2 N–H and O–H groups in total. The lowest BCUT2D eigenvalue weighted by Gasteiger charge is -2.34. The highest BCUT2D eigenvalue weighted by molar-refractivity contribution is 5.97. The first-order chi connectivity index (χ1) is 10.8. The van der Waals surface area contributed by atoms with Crippen LogP contribution >= 0.6 is 0 Å². The van der Waals surface area contributed by atoms with Crippen LogP contribution in [0.1, 0.15) is 25.7 Å². The van der Waals surface area contributed by atoms with E-state index >= 15 is 0 Å². The van der Waals surface area contributed by atoms with Crippen molar-refractivity contribution in [2.75, 3.05) is 36.5 Å². The highest BCUT2D eigenvalue weighted by Crippen LogP contribution is 2.30. The monoisotopic (exact) mass is 304 g/mol. The molecule has 120 valence electrons. The number of aliphatic hydroxyl groups is 1. The fourth-order valence-electron chi connectivity index (χ4n) is 3.21. The van der Waals surface area contributed by atoms with Crippen LogP contribution in [0, 0.1) is 5.92 Å². The highest BCUT2D eigenvalue weighted by Gasteiger charge is 2.25. The number of para-hydroxylation sites is 2. The summed E-state index contributed by atoms with van der Waals surface area (Å²) in [6, 6.07) is 7.93. The smallest absolute Gasteiger partial charge is 0.253 e. The molecule has 0 radical (unpaired) electrons. The van der Waals surface area contributed by atoms with Crippen molar-refractivity contribution in [3.05, 3.63) is 24.3 Å². The Morgan fingerprint density at radius 1 is 1.27 bits per heavy atom. The van der Waals surface area contributed by atoms with Crippen molar-refractivity contribution in [1.82, 2.24) is 0 Å². The second-order valence-corrected chi connectivity index (χ2v) is 6.12. The number of ether oxygens (including phenoxy) is 1. The van der Waals surface area contributed by atoms with Crippen LogP contribution in [0.5, 0.6) is 0 Å². The van der Waals surface area contributed by atoms with Gasteiger partial charge in [-0.3, -0.25) is 4.79 Å². The molecule has 1 aromatic carbocycles. The summed E-state index contributed by atoms with van der Waals surface area (Å²) in [6.45, 7) is 2.77. The maximum absolute atomic E-state index is 12.3. The third-order valence-corrected chi connectivity index (χ3v) is 4.60. The van der Waals surface area contributed by atoms with Gasteiger partial charge >= 0.3 is 0 Å². The molecule has 5 nitrogen and oxygen atoms in total. The van der Waals surface area contributed by atoms with Gasteiger partial charge in [0.2, 0.25) is 0 Å². The van der Waals surface area contributed by atoms with Gasteiger partial charge in [-0.15, -0.1) is 0 Å². The average Bonchev–Trinajstić information content (AvgIpc) is 3.10. The number of nitrogens with zero attached hydrogens (tertiary/aromatic N) is 1. The van der Waals surface area contributed by atoms with Gasteiger partial charge in [-0.25, -0.2) is 0 Å². The maximum atomic E-state index is 12.3. The Kier molecular flexibility index (Phi) is 4.95. The summed E-state index contributed by atoms with van der Waals surface area (Å²) in [5.74, 6) is 0.361. The Balaban J connectivity index is 1.68. The number of hydrogen-bond donors (Lipinski definition) is 2.